The summed E-state index contributed by atoms with van der Waals surface area (Å²) in [5.41, 5.74) is 2.57. The van der Waals surface area contributed by atoms with Crippen molar-refractivity contribution in [2.45, 2.75) is 10.9 Å². The molecule has 0 amide bonds. The van der Waals surface area contributed by atoms with E-state index < -0.39 is 0 Å². The highest BCUT2D eigenvalue weighted by Gasteiger charge is 2.27. The van der Waals surface area contributed by atoms with Crippen molar-refractivity contribution in [3.05, 3.63) is 34.7 Å². The maximum Gasteiger partial charge on any atom is 0.298 e. The number of hydrogen-bond acceptors (Lipinski definition) is 2. The molecule has 1 nitrogen and oxygen atoms in total. The summed E-state index contributed by atoms with van der Waals surface area (Å²) in [7, 11) is 0. The molecule has 2 heterocycles. The molecular formula is C11H9ClNS2+. The number of hydrogen-bond donors (Lipinski definition) is 0. The minimum absolute atomic E-state index is 0.796. The second kappa shape index (κ2) is 3.81. The van der Waals surface area contributed by atoms with Crippen molar-refractivity contribution in [1.82, 2.24) is 0 Å². The summed E-state index contributed by atoms with van der Waals surface area (Å²) in [5, 5.41) is 3.02. The molecule has 0 radical (unpaired) electrons. The van der Waals surface area contributed by atoms with Crippen molar-refractivity contribution < 1.29 is 4.57 Å². The highest BCUT2D eigenvalue weighted by atomic mass is 35.5. The molecule has 0 bridgehead atoms. The first-order chi connectivity index (χ1) is 7.34. The fourth-order valence-electron chi connectivity index (χ4n) is 1.72. The maximum absolute atomic E-state index is 5.88. The first kappa shape index (κ1) is 9.70. The van der Waals surface area contributed by atoms with E-state index >= 15 is 0 Å². The van der Waals surface area contributed by atoms with Gasteiger partial charge in [-0.2, -0.15) is 4.57 Å². The van der Waals surface area contributed by atoms with Gasteiger partial charge in [-0.3, -0.25) is 0 Å². The summed E-state index contributed by atoms with van der Waals surface area (Å²) in [6, 6.07) is 8.06. The summed E-state index contributed by atoms with van der Waals surface area (Å²) < 4.78 is 3.80. The van der Waals surface area contributed by atoms with Crippen LogP contribution in [0.4, 0.5) is 0 Å². The van der Waals surface area contributed by atoms with E-state index in [1.54, 1.807) is 0 Å². The Kier molecular flexibility index (Phi) is 2.47. The van der Waals surface area contributed by atoms with Crippen LogP contribution in [-0.2, 0) is 6.54 Å². The molecule has 1 aromatic heterocycles. The molecule has 2 aromatic rings. The number of fused-ring (bicyclic) bond motifs is 1. The number of rotatable bonds is 1. The van der Waals surface area contributed by atoms with Gasteiger partial charge in [0, 0.05) is 10.6 Å². The smallest absolute Gasteiger partial charge is 0.175 e. The van der Waals surface area contributed by atoms with Crippen molar-refractivity contribution in [3.8, 4) is 11.3 Å². The third kappa shape index (κ3) is 1.69. The highest BCUT2D eigenvalue weighted by Crippen LogP contribution is 2.30. The van der Waals surface area contributed by atoms with Crippen LogP contribution in [-0.4, -0.2) is 5.75 Å². The van der Waals surface area contributed by atoms with Gasteiger partial charge in [0.15, 0.2) is 6.54 Å². The lowest BCUT2D eigenvalue weighted by molar-refractivity contribution is -0.706. The number of thiazole rings is 1. The Labute approximate surface area is 102 Å². The van der Waals surface area contributed by atoms with E-state index in [0.717, 1.165) is 11.6 Å². The van der Waals surface area contributed by atoms with Crippen LogP contribution >= 0.6 is 34.7 Å². The number of halogens is 1. The second-order valence-electron chi connectivity index (χ2n) is 3.39. The predicted molar refractivity (Wildman–Crippen MR) is 65.7 cm³/mol. The van der Waals surface area contributed by atoms with Crippen molar-refractivity contribution in [3.63, 3.8) is 0 Å². The van der Waals surface area contributed by atoms with Gasteiger partial charge in [0.2, 0.25) is 5.69 Å². The van der Waals surface area contributed by atoms with Crippen LogP contribution in [0.25, 0.3) is 11.3 Å². The van der Waals surface area contributed by atoms with Gasteiger partial charge in [-0.15, -0.1) is 0 Å². The molecule has 0 N–H and O–H groups in total. The summed E-state index contributed by atoms with van der Waals surface area (Å²) >= 11 is 9.65. The van der Waals surface area contributed by atoms with Gasteiger partial charge in [-0.25, -0.2) is 0 Å². The third-order valence-corrected chi connectivity index (χ3v) is 4.97. The summed E-state index contributed by atoms with van der Waals surface area (Å²) in [6.45, 7) is 1.13. The zero-order chi connectivity index (χ0) is 10.3. The average molecular weight is 255 g/mol. The van der Waals surface area contributed by atoms with E-state index in [1.165, 1.54) is 21.3 Å². The fourth-order valence-corrected chi connectivity index (χ4v) is 4.10. The lowest BCUT2D eigenvalue weighted by Crippen LogP contribution is -2.32. The van der Waals surface area contributed by atoms with Crippen LogP contribution in [0.5, 0.6) is 0 Å². The van der Waals surface area contributed by atoms with Gasteiger partial charge >= 0.3 is 0 Å². The first-order valence-corrected chi connectivity index (χ1v) is 6.99. The van der Waals surface area contributed by atoms with Gasteiger partial charge in [0.1, 0.15) is 0 Å². The minimum Gasteiger partial charge on any atom is -0.175 e. The molecule has 1 aromatic carbocycles. The maximum atomic E-state index is 5.88. The van der Waals surface area contributed by atoms with E-state index in [1.807, 2.05) is 35.2 Å². The average Bonchev–Trinajstić information content (AvgIpc) is 2.80. The zero-order valence-corrected chi connectivity index (χ0v) is 10.3. The van der Waals surface area contributed by atoms with Gasteiger partial charge in [-0.1, -0.05) is 22.9 Å². The molecule has 0 atom stereocenters. The third-order valence-electron chi connectivity index (χ3n) is 2.46. The SMILES string of the molecule is Clc1ccc(-c2csc3[n+]2CCS3)cc1. The lowest BCUT2D eigenvalue weighted by Gasteiger charge is -1.95. The molecule has 3 rings (SSSR count). The van der Waals surface area contributed by atoms with Crippen LogP contribution in [0.1, 0.15) is 0 Å². The Bertz CT molecular complexity index is 490. The highest BCUT2D eigenvalue weighted by molar-refractivity contribution is 8.01. The molecule has 4 heteroatoms. The van der Waals surface area contributed by atoms with E-state index in [2.05, 4.69) is 22.1 Å². The Morgan fingerprint density at radius 3 is 2.80 bits per heavy atom. The minimum atomic E-state index is 0.796. The first-order valence-electron chi connectivity index (χ1n) is 4.75. The number of aromatic nitrogens is 1. The van der Waals surface area contributed by atoms with Crippen molar-refractivity contribution in [2.24, 2.45) is 0 Å². The molecule has 1 aliphatic rings. The van der Waals surface area contributed by atoms with Crippen LogP contribution < -0.4 is 4.57 Å². The topological polar surface area (TPSA) is 3.88 Å². The molecule has 1 aliphatic heterocycles. The van der Waals surface area contributed by atoms with Gasteiger partial charge in [-0.05, 0) is 36.0 Å². The van der Waals surface area contributed by atoms with E-state index in [-0.39, 0.29) is 0 Å². The van der Waals surface area contributed by atoms with Gasteiger partial charge < -0.3 is 0 Å². The van der Waals surface area contributed by atoms with Crippen LogP contribution in [0.15, 0.2) is 34.0 Å². The molecule has 0 aliphatic carbocycles. The zero-order valence-electron chi connectivity index (χ0n) is 7.94. The molecule has 76 valence electrons. The Balaban J connectivity index is 2.09. The molecule has 0 saturated heterocycles. The van der Waals surface area contributed by atoms with Crippen LogP contribution in [0, 0.1) is 0 Å². The lowest BCUT2D eigenvalue weighted by atomic mass is 10.2. The standard InChI is InChI=1S/C11H9ClNS2/c12-9-3-1-8(2-4-9)10-7-15-11-13(10)5-6-14-11/h1-4,7H,5-6H2/q+1. The molecule has 15 heavy (non-hydrogen) atoms. The molecular weight excluding hydrogens is 246 g/mol. The number of benzene rings is 1. The summed E-state index contributed by atoms with van der Waals surface area (Å²) in [6.07, 6.45) is 0. The largest absolute Gasteiger partial charge is 0.298 e. The Hall–Kier alpha value is -0.510. The van der Waals surface area contributed by atoms with Gasteiger partial charge in [0.25, 0.3) is 4.34 Å². The van der Waals surface area contributed by atoms with Crippen LogP contribution in [0.3, 0.4) is 0 Å². The summed E-state index contributed by atoms with van der Waals surface area (Å²) in [5.74, 6) is 1.20. The van der Waals surface area contributed by atoms with Crippen molar-refractivity contribution in [2.75, 3.05) is 5.75 Å². The number of nitrogens with zero attached hydrogens (tertiary/aromatic N) is 1. The van der Waals surface area contributed by atoms with Crippen LogP contribution in [0.2, 0.25) is 5.02 Å². The number of thioether (sulfide) groups is 1. The molecule has 0 unspecified atom stereocenters. The van der Waals surface area contributed by atoms with E-state index in [0.29, 0.717) is 0 Å². The molecule has 0 fully saturated rings. The Morgan fingerprint density at radius 1 is 1.20 bits per heavy atom. The monoisotopic (exact) mass is 254 g/mol. The molecule has 0 saturated carbocycles. The fraction of sp³-hybridized carbons (Fsp3) is 0.182. The molecule has 0 spiro atoms. The van der Waals surface area contributed by atoms with Crippen molar-refractivity contribution in [1.29, 1.82) is 0 Å². The second-order valence-corrected chi connectivity index (χ2v) is 6.03. The predicted octanol–water partition coefficient (Wildman–Crippen LogP) is 3.46. The van der Waals surface area contributed by atoms with Gasteiger partial charge in [0.05, 0.1) is 11.1 Å². The normalized spacial score (nSPS) is 14.2. The van der Waals surface area contributed by atoms with Crippen molar-refractivity contribution >= 4 is 34.7 Å². The quantitative estimate of drug-likeness (QED) is 0.705. The summed E-state index contributed by atoms with van der Waals surface area (Å²) in [4.78, 5) is 0. The Morgan fingerprint density at radius 2 is 2.00 bits per heavy atom. The van der Waals surface area contributed by atoms with E-state index in [4.69, 9.17) is 11.6 Å². The van der Waals surface area contributed by atoms with E-state index in [9.17, 15) is 0 Å².